The molecule has 2 aliphatic heterocycles. The summed E-state index contributed by atoms with van der Waals surface area (Å²) < 4.78 is 12.0. The third kappa shape index (κ3) is 4.71. The lowest BCUT2D eigenvalue weighted by Crippen LogP contribution is -2.44. The highest BCUT2D eigenvalue weighted by atomic mass is 16.5. The molecule has 0 aliphatic carbocycles. The monoisotopic (exact) mass is 283 g/mol. The van der Waals surface area contributed by atoms with Gasteiger partial charge in [-0.05, 0) is 58.4 Å². The van der Waals surface area contributed by atoms with E-state index in [1.165, 1.54) is 25.7 Å². The fraction of sp³-hybridized carbons (Fsp3) is 1.00. The van der Waals surface area contributed by atoms with E-state index >= 15 is 0 Å². The smallest absolute Gasteiger partial charge is 0.0631 e. The molecule has 2 rings (SSSR count). The normalized spacial score (nSPS) is 33.8. The zero-order valence-corrected chi connectivity index (χ0v) is 13.8. The molecule has 118 valence electrons. The fourth-order valence-electron chi connectivity index (χ4n) is 3.61. The maximum Gasteiger partial charge on any atom is 0.0631 e. The maximum absolute atomic E-state index is 6.22. The topological polar surface area (TPSA) is 30.5 Å². The zero-order valence-electron chi connectivity index (χ0n) is 13.8. The van der Waals surface area contributed by atoms with Crippen molar-refractivity contribution in [2.45, 2.75) is 71.5 Å². The third-order valence-electron chi connectivity index (χ3n) is 4.67. The number of hydrogen-bond acceptors (Lipinski definition) is 3. The minimum absolute atomic E-state index is 0.0761. The number of nitrogens with one attached hydrogen (secondary N) is 1. The van der Waals surface area contributed by atoms with E-state index in [4.69, 9.17) is 9.47 Å². The molecule has 0 bridgehead atoms. The summed E-state index contributed by atoms with van der Waals surface area (Å²) in [5, 5.41) is 3.65. The highest BCUT2D eigenvalue weighted by Crippen LogP contribution is 2.39. The van der Waals surface area contributed by atoms with Gasteiger partial charge in [0.05, 0.1) is 18.3 Å². The van der Waals surface area contributed by atoms with Crippen molar-refractivity contribution in [3.05, 3.63) is 0 Å². The quantitative estimate of drug-likeness (QED) is 0.810. The van der Waals surface area contributed by atoms with Crippen LogP contribution in [-0.4, -0.2) is 38.0 Å². The van der Waals surface area contributed by atoms with Gasteiger partial charge in [-0.2, -0.15) is 0 Å². The average Bonchev–Trinajstić information content (AvgIpc) is 2.69. The molecule has 2 heterocycles. The van der Waals surface area contributed by atoms with Crippen LogP contribution in [0.15, 0.2) is 0 Å². The highest BCUT2D eigenvalue weighted by Gasteiger charge is 2.40. The molecule has 0 saturated carbocycles. The second kappa shape index (κ2) is 6.76. The molecular formula is C17H33NO2. The Balaban J connectivity index is 1.89. The van der Waals surface area contributed by atoms with E-state index in [0.717, 1.165) is 32.7 Å². The van der Waals surface area contributed by atoms with Crippen molar-refractivity contribution in [3.63, 3.8) is 0 Å². The molecule has 3 nitrogen and oxygen atoms in total. The van der Waals surface area contributed by atoms with Crippen molar-refractivity contribution >= 4 is 0 Å². The van der Waals surface area contributed by atoms with Gasteiger partial charge < -0.3 is 14.8 Å². The fourth-order valence-corrected chi connectivity index (χ4v) is 3.61. The van der Waals surface area contributed by atoms with Gasteiger partial charge in [0, 0.05) is 18.6 Å². The molecule has 2 aliphatic rings. The van der Waals surface area contributed by atoms with E-state index in [-0.39, 0.29) is 11.0 Å². The van der Waals surface area contributed by atoms with Gasteiger partial charge in [-0.25, -0.2) is 0 Å². The molecule has 2 atom stereocenters. The summed E-state index contributed by atoms with van der Waals surface area (Å²) in [6.07, 6.45) is 6.44. The molecule has 0 aromatic carbocycles. The summed E-state index contributed by atoms with van der Waals surface area (Å²) in [4.78, 5) is 0. The van der Waals surface area contributed by atoms with Crippen LogP contribution in [0.3, 0.4) is 0 Å². The van der Waals surface area contributed by atoms with Crippen LogP contribution in [0.5, 0.6) is 0 Å². The summed E-state index contributed by atoms with van der Waals surface area (Å²) >= 11 is 0. The first kappa shape index (κ1) is 16.3. The lowest BCUT2D eigenvalue weighted by Gasteiger charge is -2.39. The average molecular weight is 283 g/mol. The second-order valence-corrected chi connectivity index (χ2v) is 7.92. The number of hydrogen-bond donors (Lipinski definition) is 1. The lowest BCUT2D eigenvalue weighted by atomic mass is 9.77. The molecule has 2 saturated heterocycles. The van der Waals surface area contributed by atoms with Crippen LogP contribution in [0.25, 0.3) is 0 Å². The number of rotatable bonds is 6. The van der Waals surface area contributed by atoms with Gasteiger partial charge in [0.2, 0.25) is 0 Å². The van der Waals surface area contributed by atoms with Gasteiger partial charge in [-0.1, -0.05) is 13.8 Å². The Labute approximate surface area is 124 Å². The molecule has 20 heavy (non-hydrogen) atoms. The van der Waals surface area contributed by atoms with Gasteiger partial charge >= 0.3 is 0 Å². The Morgan fingerprint density at radius 1 is 1.25 bits per heavy atom. The van der Waals surface area contributed by atoms with Gasteiger partial charge in [-0.3, -0.25) is 0 Å². The molecule has 1 N–H and O–H groups in total. The van der Waals surface area contributed by atoms with Crippen LogP contribution < -0.4 is 5.32 Å². The molecule has 0 amide bonds. The van der Waals surface area contributed by atoms with E-state index < -0.39 is 0 Å². The molecule has 0 spiro atoms. The van der Waals surface area contributed by atoms with Crippen molar-refractivity contribution in [1.82, 2.24) is 5.32 Å². The Morgan fingerprint density at radius 2 is 2.05 bits per heavy atom. The zero-order chi connectivity index (χ0) is 14.6. The molecular weight excluding hydrogens is 250 g/mol. The molecule has 0 radical (unpaired) electrons. The van der Waals surface area contributed by atoms with Crippen molar-refractivity contribution < 1.29 is 9.47 Å². The maximum atomic E-state index is 6.22. The minimum Gasteiger partial charge on any atom is -0.381 e. The van der Waals surface area contributed by atoms with Crippen molar-refractivity contribution in [1.29, 1.82) is 0 Å². The molecule has 3 heteroatoms. The van der Waals surface area contributed by atoms with E-state index in [0.29, 0.717) is 12.0 Å². The molecule has 0 aromatic rings. The van der Waals surface area contributed by atoms with Crippen molar-refractivity contribution in [3.8, 4) is 0 Å². The summed E-state index contributed by atoms with van der Waals surface area (Å²) in [7, 11) is 0. The summed E-state index contributed by atoms with van der Waals surface area (Å²) in [5.74, 6) is 0.707. The predicted molar refractivity (Wildman–Crippen MR) is 83.0 cm³/mol. The van der Waals surface area contributed by atoms with E-state index in [1.807, 2.05) is 0 Å². The number of ether oxygens (including phenoxy) is 2. The van der Waals surface area contributed by atoms with Crippen LogP contribution in [0.4, 0.5) is 0 Å². The van der Waals surface area contributed by atoms with Gasteiger partial charge in [-0.15, -0.1) is 0 Å². The van der Waals surface area contributed by atoms with E-state index in [9.17, 15) is 0 Å². The van der Waals surface area contributed by atoms with Crippen LogP contribution in [0, 0.1) is 11.3 Å². The Bertz CT molecular complexity index is 295. The first-order valence-corrected chi connectivity index (χ1v) is 8.37. The Morgan fingerprint density at radius 3 is 2.60 bits per heavy atom. The highest BCUT2D eigenvalue weighted by molar-refractivity contribution is 4.91. The predicted octanol–water partition coefficient (Wildman–Crippen LogP) is 3.38. The minimum atomic E-state index is 0.0761. The summed E-state index contributed by atoms with van der Waals surface area (Å²) in [6, 6.07) is 0. The van der Waals surface area contributed by atoms with Crippen molar-refractivity contribution in [2.24, 2.45) is 11.3 Å². The first-order chi connectivity index (χ1) is 9.41. The van der Waals surface area contributed by atoms with Crippen LogP contribution >= 0.6 is 0 Å². The molecule has 2 unspecified atom stereocenters. The van der Waals surface area contributed by atoms with Crippen LogP contribution in [0.2, 0.25) is 0 Å². The summed E-state index contributed by atoms with van der Waals surface area (Å²) in [6.45, 7) is 13.0. The second-order valence-electron chi connectivity index (χ2n) is 7.92. The summed E-state index contributed by atoms with van der Waals surface area (Å²) in [5.41, 5.74) is 0.366. The van der Waals surface area contributed by atoms with Gasteiger partial charge in [0.15, 0.2) is 0 Å². The third-order valence-corrected chi connectivity index (χ3v) is 4.67. The van der Waals surface area contributed by atoms with Crippen LogP contribution in [-0.2, 0) is 9.47 Å². The van der Waals surface area contributed by atoms with Crippen LogP contribution in [0.1, 0.15) is 59.8 Å². The standard InChI is InChI=1S/C17H33NO2/c1-14(2)11-18-12-17(7-5-9-19-13-17)10-15-6-8-16(3,4)20-15/h14-15,18H,5-13H2,1-4H3. The van der Waals surface area contributed by atoms with Gasteiger partial charge in [0.25, 0.3) is 0 Å². The lowest BCUT2D eigenvalue weighted by molar-refractivity contribution is -0.0694. The van der Waals surface area contributed by atoms with E-state index in [1.54, 1.807) is 0 Å². The Kier molecular flexibility index (Phi) is 5.49. The first-order valence-electron chi connectivity index (χ1n) is 8.37. The van der Waals surface area contributed by atoms with Gasteiger partial charge in [0.1, 0.15) is 0 Å². The molecule has 2 fully saturated rings. The largest absolute Gasteiger partial charge is 0.381 e. The Hall–Kier alpha value is -0.120. The van der Waals surface area contributed by atoms with E-state index in [2.05, 4.69) is 33.0 Å². The SMILES string of the molecule is CC(C)CNCC1(CC2CCC(C)(C)O2)CCCOC1. The molecule has 0 aromatic heterocycles. The van der Waals surface area contributed by atoms with Crippen molar-refractivity contribution in [2.75, 3.05) is 26.3 Å².